The lowest BCUT2D eigenvalue weighted by Gasteiger charge is -1.85. The Morgan fingerprint density at radius 1 is 0.750 bits per heavy atom. The molecule has 0 bridgehead atoms. The monoisotopic (exact) mass is 156 g/mol. The number of hydrogen-bond donors (Lipinski definition) is 1. The summed E-state index contributed by atoms with van der Waals surface area (Å²) < 4.78 is 0. The van der Waals surface area contributed by atoms with Gasteiger partial charge in [-0.15, -0.1) is 0 Å². The molecule has 0 unspecified atom stereocenters. The second-order valence-corrected chi connectivity index (χ2v) is 2.35. The van der Waals surface area contributed by atoms with Crippen LogP contribution in [0.1, 0.15) is 0 Å². The van der Waals surface area contributed by atoms with E-state index in [0.29, 0.717) is 0 Å². The van der Waals surface area contributed by atoms with Crippen LogP contribution in [0.4, 0.5) is 0 Å². The van der Waals surface area contributed by atoms with Crippen LogP contribution in [0.15, 0.2) is 54.6 Å². The Morgan fingerprint density at radius 2 is 1.17 bits per heavy atom. The Morgan fingerprint density at radius 3 is 1.58 bits per heavy atom. The lowest BCUT2D eigenvalue weighted by molar-refractivity contribution is 1.74. The molecule has 1 aromatic rings. The van der Waals surface area contributed by atoms with E-state index >= 15 is 0 Å². The van der Waals surface area contributed by atoms with Crippen LogP contribution in [-0.4, -0.2) is 7.41 Å². The third-order valence-corrected chi connectivity index (χ3v) is 1.44. The molecule has 0 saturated heterocycles. The van der Waals surface area contributed by atoms with Crippen LogP contribution >= 0.6 is 0 Å². The molecular formula is C10H11BN. The molecule has 1 nitrogen and oxygen atoms in total. The zero-order chi connectivity index (χ0) is 8.65. The minimum Gasteiger partial charge on any atom is -0.370 e. The molecule has 0 aliphatic rings. The molecule has 0 heterocycles. The van der Waals surface area contributed by atoms with Gasteiger partial charge in [-0.25, -0.2) is 0 Å². The first-order valence-corrected chi connectivity index (χ1v) is 3.87. The SMILES string of the molecule is N[B]c1ccccccccc1. The van der Waals surface area contributed by atoms with Crippen molar-refractivity contribution in [2.75, 3.05) is 0 Å². The Balaban J connectivity index is 3.07. The van der Waals surface area contributed by atoms with Crippen molar-refractivity contribution in [3.8, 4) is 0 Å². The molecular weight excluding hydrogens is 145 g/mol. The number of rotatable bonds is 1. The second-order valence-electron chi connectivity index (χ2n) is 2.35. The summed E-state index contributed by atoms with van der Waals surface area (Å²) in [6.45, 7) is 0. The molecule has 0 atom stereocenters. The van der Waals surface area contributed by atoms with Gasteiger partial charge in [0.2, 0.25) is 7.41 Å². The molecule has 0 aromatic heterocycles. The Kier molecular flexibility index (Phi) is 3.96. The minimum absolute atomic E-state index is 1.01. The van der Waals surface area contributed by atoms with Gasteiger partial charge in [0.15, 0.2) is 0 Å². The van der Waals surface area contributed by atoms with E-state index in [-0.39, 0.29) is 0 Å². The maximum Gasteiger partial charge on any atom is 0.241 e. The van der Waals surface area contributed by atoms with Crippen molar-refractivity contribution < 1.29 is 0 Å². The highest BCUT2D eigenvalue weighted by atomic mass is 14.3. The van der Waals surface area contributed by atoms with E-state index in [0.717, 1.165) is 5.46 Å². The Labute approximate surface area is 73.8 Å². The molecule has 1 rings (SSSR count). The van der Waals surface area contributed by atoms with Crippen molar-refractivity contribution >= 4 is 12.9 Å². The van der Waals surface area contributed by atoms with Gasteiger partial charge in [-0.1, -0.05) is 60.1 Å². The van der Waals surface area contributed by atoms with Crippen molar-refractivity contribution in [2.45, 2.75) is 0 Å². The van der Waals surface area contributed by atoms with Crippen molar-refractivity contribution in [3.05, 3.63) is 54.6 Å². The van der Waals surface area contributed by atoms with Crippen LogP contribution in [0, 0.1) is 0 Å². The lowest BCUT2D eigenvalue weighted by atomic mass is 9.86. The summed E-state index contributed by atoms with van der Waals surface area (Å²) in [4.78, 5) is 0. The van der Waals surface area contributed by atoms with E-state index < -0.39 is 0 Å². The fourth-order valence-electron chi connectivity index (χ4n) is 0.821. The molecule has 1 aromatic carbocycles. The highest BCUT2D eigenvalue weighted by Crippen LogP contribution is 1.79. The lowest BCUT2D eigenvalue weighted by Crippen LogP contribution is -2.21. The summed E-state index contributed by atoms with van der Waals surface area (Å²) in [7, 11) is 1.58. The summed E-state index contributed by atoms with van der Waals surface area (Å²) in [5.41, 5.74) is 6.40. The largest absolute Gasteiger partial charge is 0.370 e. The van der Waals surface area contributed by atoms with Crippen LogP contribution in [0.25, 0.3) is 0 Å². The first-order chi connectivity index (χ1) is 5.93. The van der Waals surface area contributed by atoms with E-state index in [1.165, 1.54) is 0 Å². The van der Waals surface area contributed by atoms with Gasteiger partial charge in [-0.3, -0.25) is 0 Å². The minimum atomic E-state index is 1.01. The van der Waals surface area contributed by atoms with Gasteiger partial charge in [-0.05, 0) is 0 Å². The van der Waals surface area contributed by atoms with Crippen LogP contribution in [0.5, 0.6) is 0 Å². The highest BCUT2D eigenvalue weighted by Gasteiger charge is 1.81. The first kappa shape index (κ1) is 8.82. The van der Waals surface area contributed by atoms with Gasteiger partial charge in [0.05, 0.1) is 0 Å². The molecule has 0 fully saturated rings. The van der Waals surface area contributed by atoms with Gasteiger partial charge in [0.25, 0.3) is 0 Å². The summed E-state index contributed by atoms with van der Waals surface area (Å²) in [6, 6.07) is 17.7. The molecule has 2 N–H and O–H groups in total. The zero-order valence-corrected chi connectivity index (χ0v) is 6.85. The van der Waals surface area contributed by atoms with Gasteiger partial charge in [0, 0.05) is 0 Å². The second kappa shape index (κ2) is 5.39. The normalized spacial score (nSPS) is 8.42. The summed E-state index contributed by atoms with van der Waals surface area (Å²) in [6.07, 6.45) is 0. The fourth-order valence-corrected chi connectivity index (χ4v) is 0.821. The first-order valence-electron chi connectivity index (χ1n) is 3.87. The predicted octanol–water partition coefficient (Wildman–Crippen LogP) is 1.01. The molecule has 0 aliphatic heterocycles. The number of nitrogens with two attached hydrogens (primary N) is 1. The molecule has 0 amide bonds. The van der Waals surface area contributed by atoms with E-state index in [9.17, 15) is 0 Å². The van der Waals surface area contributed by atoms with E-state index in [4.69, 9.17) is 5.64 Å². The Hall–Kier alpha value is -1.28. The van der Waals surface area contributed by atoms with Gasteiger partial charge in [-0.2, -0.15) is 0 Å². The molecule has 0 aliphatic carbocycles. The zero-order valence-electron chi connectivity index (χ0n) is 6.85. The smallest absolute Gasteiger partial charge is 0.241 e. The summed E-state index contributed by atoms with van der Waals surface area (Å²) >= 11 is 0. The summed E-state index contributed by atoms with van der Waals surface area (Å²) in [5, 5.41) is 0. The van der Waals surface area contributed by atoms with Gasteiger partial charge in [0.1, 0.15) is 0 Å². The van der Waals surface area contributed by atoms with Crippen LogP contribution < -0.4 is 11.1 Å². The van der Waals surface area contributed by atoms with Crippen LogP contribution in [0.3, 0.4) is 0 Å². The predicted molar refractivity (Wildman–Crippen MR) is 53.6 cm³/mol. The Bertz CT molecular complexity index is 260. The van der Waals surface area contributed by atoms with E-state index in [2.05, 4.69) is 0 Å². The average molecular weight is 156 g/mol. The third kappa shape index (κ3) is 3.22. The topological polar surface area (TPSA) is 26.0 Å². The maximum atomic E-state index is 5.39. The van der Waals surface area contributed by atoms with Crippen LogP contribution in [-0.2, 0) is 0 Å². The quantitative estimate of drug-likeness (QED) is 0.603. The van der Waals surface area contributed by atoms with Crippen LogP contribution in [0.2, 0.25) is 0 Å². The average Bonchev–Trinajstić information content (AvgIpc) is 2.14. The van der Waals surface area contributed by atoms with E-state index in [1.807, 2.05) is 54.6 Å². The standard InChI is InChI=1S/C10H11BN/c12-11-10-8-6-4-2-1-3-5-7-9-10/h1-9H,12H2. The molecule has 1 radical (unpaired) electrons. The highest BCUT2D eigenvalue weighted by molar-refractivity contribution is 6.49. The van der Waals surface area contributed by atoms with Crippen molar-refractivity contribution in [3.63, 3.8) is 0 Å². The molecule has 59 valence electrons. The maximum absolute atomic E-state index is 5.39. The van der Waals surface area contributed by atoms with E-state index in [1.54, 1.807) is 7.41 Å². The van der Waals surface area contributed by atoms with Gasteiger partial charge >= 0.3 is 0 Å². The van der Waals surface area contributed by atoms with Crippen molar-refractivity contribution in [2.24, 2.45) is 5.64 Å². The molecule has 0 saturated carbocycles. The third-order valence-electron chi connectivity index (χ3n) is 1.44. The number of hydrogen-bond acceptors (Lipinski definition) is 1. The van der Waals surface area contributed by atoms with Crippen molar-refractivity contribution in [1.82, 2.24) is 0 Å². The van der Waals surface area contributed by atoms with Crippen molar-refractivity contribution in [1.29, 1.82) is 0 Å². The fraction of sp³-hybridized carbons (Fsp3) is 0. The summed E-state index contributed by atoms with van der Waals surface area (Å²) in [5.74, 6) is 0. The molecule has 12 heavy (non-hydrogen) atoms. The van der Waals surface area contributed by atoms with Gasteiger partial charge < -0.3 is 5.64 Å². The molecule has 0 spiro atoms. The molecule has 2 heteroatoms.